The van der Waals surface area contributed by atoms with E-state index in [1.807, 2.05) is 18.2 Å². The summed E-state index contributed by atoms with van der Waals surface area (Å²) in [7, 11) is 0. The quantitative estimate of drug-likeness (QED) is 0.523. The van der Waals surface area contributed by atoms with E-state index in [0.717, 1.165) is 74.9 Å². The number of aryl methyl sites for hydroxylation is 1. The number of hydrogen-bond acceptors (Lipinski definition) is 8. The molecule has 0 spiro atoms. The fourth-order valence-corrected chi connectivity index (χ4v) is 7.52. The van der Waals surface area contributed by atoms with Crippen molar-refractivity contribution in [3.63, 3.8) is 0 Å². The van der Waals surface area contributed by atoms with Crippen LogP contribution < -0.4 is 20.7 Å². The lowest BCUT2D eigenvalue weighted by atomic mass is 10.0. The highest BCUT2D eigenvalue weighted by Crippen LogP contribution is 2.32. The zero-order chi connectivity index (χ0) is 27.4. The summed E-state index contributed by atoms with van der Waals surface area (Å²) in [6, 6.07) is 16.1. The lowest BCUT2D eigenvalue weighted by Crippen LogP contribution is -2.65. The number of anilines is 2. The van der Waals surface area contributed by atoms with E-state index in [9.17, 15) is 10.1 Å². The maximum absolute atomic E-state index is 12.0. The molecule has 2 aromatic heterocycles. The Bertz CT molecular complexity index is 1520. The number of aromatic nitrogens is 2. The highest BCUT2D eigenvalue weighted by atomic mass is 16.1. The SMILES string of the molecule is Cc1nc(N2CC3CCC(C2)N3)ccc1CN1CCN2C(C)CN(c3ccc(C#N)c4[nH]c(=O)ccc34)CC2C1. The van der Waals surface area contributed by atoms with Gasteiger partial charge in [0.1, 0.15) is 11.9 Å². The van der Waals surface area contributed by atoms with Gasteiger partial charge in [-0.15, -0.1) is 0 Å². The first-order valence-corrected chi connectivity index (χ1v) is 14.7. The summed E-state index contributed by atoms with van der Waals surface area (Å²) in [6.45, 7) is 12.5. The van der Waals surface area contributed by atoms with E-state index in [-0.39, 0.29) is 5.56 Å². The largest absolute Gasteiger partial charge is 0.368 e. The molecule has 4 aliphatic heterocycles. The third kappa shape index (κ3) is 4.64. The number of nitrogens with zero attached hydrogens (tertiary/aromatic N) is 6. The molecule has 208 valence electrons. The van der Waals surface area contributed by atoms with Gasteiger partial charge in [-0.3, -0.25) is 14.6 Å². The van der Waals surface area contributed by atoms with Gasteiger partial charge in [0, 0.05) is 99.4 Å². The maximum atomic E-state index is 12.0. The minimum atomic E-state index is -0.180. The summed E-state index contributed by atoms with van der Waals surface area (Å²) in [5, 5.41) is 14.2. The average molecular weight is 539 g/mol. The summed E-state index contributed by atoms with van der Waals surface area (Å²) in [4.78, 5) is 30.1. The van der Waals surface area contributed by atoms with Crippen molar-refractivity contribution in [1.29, 1.82) is 5.26 Å². The van der Waals surface area contributed by atoms with Crippen LogP contribution >= 0.6 is 0 Å². The van der Waals surface area contributed by atoms with Gasteiger partial charge in [-0.2, -0.15) is 5.26 Å². The Morgan fingerprint density at radius 2 is 1.80 bits per heavy atom. The van der Waals surface area contributed by atoms with Crippen molar-refractivity contribution in [2.75, 3.05) is 55.6 Å². The maximum Gasteiger partial charge on any atom is 0.248 e. The van der Waals surface area contributed by atoms with Gasteiger partial charge in [-0.05, 0) is 56.5 Å². The first kappa shape index (κ1) is 25.5. The number of nitriles is 1. The number of fused-ring (bicyclic) bond motifs is 4. The number of H-pyrrole nitrogens is 1. The lowest BCUT2D eigenvalue weighted by Gasteiger charge is -2.51. The molecule has 7 rings (SSSR count). The number of piperazine rings is 3. The van der Waals surface area contributed by atoms with E-state index < -0.39 is 0 Å². The van der Waals surface area contributed by atoms with Crippen LogP contribution in [0.4, 0.5) is 11.5 Å². The van der Waals surface area contributed by atoms with E-state index in [1.54, 1.807) is 6.07 Å². The molecule has 4 saturated heterocycles. The fraction of sp³-hybridized carbons (Fsp3) is 0.516. The molecule has 0 radical (unpaired) electrons. The van der Waals surface area contributed by atoms with Gasteiger partial charge in [-0.1, -0.05) is 6.07 Å². The average Bonchev–Trinajstić information content (AvgIpc) is 3.30. The third-order valence-electron chi connectivity index (χ3n) is 9.54. The van der Waals surface area contributed by atoms with E-state index in [0.29, 0.717) is 35.2 Å². The molecular weight excluding hydrogens is 500 g/mol. The number of pyridine rings is 2. The van der Waals surface area contributed by atoms with Crippen molar-refractivity contribution < 1.29 is 0 Å². The first-order chi connectivity index (χ1) is 19.4. The summed E-state index contributed by atoms with van der Waals surface area (Å²) in [5.74, 6) is 1.12. The van der Waals surface area contributed by atoms with Crippen LogP contribution in [-0.2, 0) is 6.54 Å². The Balaban J connectivity index is 1.07. The predicted octanol–water partition coefficient (Wildman–Crippen LogP) is 2.44. The molecule has 0 aliphatic carbocycles. The zero-order valence-electron chi connectivity index (χ0n) is 23.4. The third-order valence-corrected chi connectivity index (χ3v) is 9.54. The second-order valence-electron chi connectivity index (χ2n) is 12.2. The Morgan fingerprint density at radius 3 is 2.58 bits per heavy atom. The van der Waals surface area contributed by atoms with E-state index >= 15 is 0 Å². The standard InChI is InChI=1S/C31H38N8O/c1-20-14-37(28-8-3-22(13-32)31-27(28)7-10-30(40)35-31)19-26-18-36(11-12-39(20)26)15-23-4-9-29(33-21(23)2)38-16-24-5-6-25(17-38)34-24/h3-4,7-10,20,24-26,34H,5-6,11-12,14-19H2,1-2H3,(H,35,40). The van der Waals surface area contributed by atoms with Crippen molar-refractivity contribution >= 4 is 22.4 Å². The molecule has 9 nitrogen and oxygen atoms in total. The van der Waals surface area contributed by atoms with E-state index in [4.69, 9.17) is 4.98 Å². The smallest absolute Gasteiger partial charge is 0.248 e. The Hall–Kier alpha value is -3.45. The topological polar surface area (TPSA) is 94.5 Å². The number of nitrogens with one attached hydrogen (secondary N) is 2. The number of benzene rings is 1. The van der Waals surface area contributed by atoms with Crippen LogP contribution in [0.25, 0.3) is 10.9 Å². The van der Waals surface area contributed by atoms with Gasteiger partial charge < -0.3 is 20.1 Å². The molecule has 2 N–H and O–H groups in total. The minimum absolute atomic E-state index is 0.180. The van der Waals surface area contributed by atoms with Crippen LogP contribution in [0.5, 0.6) is 0 Å². The number of hydrogen-bond donors (Lipinski definition) is 2. The van der Waals surface area contributed by atoms with Crippen molar-refractivity contribution in [1.82, 2.24) is 25.1 Å². The van der Waals surface area contributed by atoms with E-state index in [1.165, 1.54) is 18.4 Å². The number of rotatable bonds is 4. The van der Waals surface area contributed by atoms with E-state index in [2.05, 4.69) is 61.9 Å². The van der Waals surface area contributed by atoms with Crippen molar-refractivity contribution in [2.45, 2.75) is 57.4 Å². The summed E-state index contributed by atoms with van der Waals surface area (Å²) in [6.07, 6.45) is 2.56. The van der Waals surface area contributed by atoms with Gasteiger partial charge in [0.15, 0.2) is 0 Å². The first-order valence-electron chi connectivity index (χ1n) is 14.7. The monoisotopic (exact) mass is 538 g/mol. The zero-order valence-corrected chi connectivity index (χ0v) is 23.4. The fourth-order valence-electron chi connectivity index (χ4n) is 7.52. The van der Waals surface area contributed by atoms with Gasteiger partial charge >= 0.3 is 0 Å². The van der Waals surface area contributed by atoms with Crippen LogP contribution in [0.1, 0.15) is 36.6 Å². The molecule has 40 heavy (non-hydrogen) atoms. The molecule has 0 amide bonds. The van der Waals surface area contributed by atoms with Crippen LogP contribution in [0.3, 0.4) is 0 Å². The lowest BCUT2D eigenvalue weighted by molar-refractivity contribution is 0.0316. The van der Waals surface area contributed by atoms with Crippen molar-refractivity contribution in [3.8, 4) is 6.07 Å². The van der Waals surface area contributed by atoms with Gasteiger partial charge in [0.05, 0.1) is 11.1 Å². The van der Waals surface area contributed by atoms with Gasteiger partial charge in [-0.25, -0.2) is 4.98 Å². The molecule has 4 aliphatic rings. The van der Waals surface area contributed by atoms with Crippen LogP contribution in [0, 0.1) is 18.3 Å². The number of aromatic amines is 1. The Morgan fingerprint density at radius 1 is 0.975 bits per heavy atom. The normalized spacial score (nSPS) is 27.1. The molecule has 3 aromatic rings. The van der Waals surface area contributed by atoms with Crippen molar-refractivity contribution in [2.24, 2.45) is 0 Å². The molecule has 1 aromatic carbocycles. The molecular formula is C31H38N8O. The van der Waals surface area contributed by atoms with Crippen LogP contribution in [0.2, 0.25) is 0 Å². The highest BCUT2D eigenvalue weighted by molar-refractivity contribution is 5.95. The van der Waals surface area contributed by atoms with Crippen molar-refractivity contribution in [3.05, 3.63) is 63.6 Å². The molecule has 2 bridgehead atoms. The predicted molar refractivity (Wildman–Crippen MR) is 158 cm³/mol. The second kappa shape index (κ2) is 10.2. The molecule has 4 fully saturated rings. The van der Waals surface area contributed by atoms with Gasteiger partial charge in [0.25, 0.3) is 0 Å². The Labute approximate surface area is 235 Å². The highest BCUT2D eigenvalue weighted by Gasteiger charge is 2.37. The summed E-state index contributed by atoms with van der Waals surface area (Å²) >= 11 is 0. The van der Waals surface area contributed by atoms with Gasteiger partial charge in [0.2, 0.25) is 5.56 Å². The molecule has 4 atom stereocenters. The van der Waals surface area contributed by atoms with Crippen LogP contribution in [-0.4, -0.2) is 89.7 Å². The molecule has 4 unspecified atom stereocenters. The van der Waals surface area contributed by atoms with Crippen LogP contribution in [0.15, 0.2) is 41.2 Å². The molecule has 6 heterocycles. The summed E-state index contributed by atoms with van der Waals surface area (Å²) < 4.78 is 0. The second-order valence-corrected chi connectivity index (χ2v) is 12.2. The summed E-state index contributed by atoms with van der Waals surface area (Å²) in [5.41, 5.74) is 4.51. The Kier molecular flexibility index (Phi) is 6.50. The minimum Gasteiger partial charge on any atom is -0.368 e. The molecule has 0 saturated carbocycles. The molecule has 9 heteroatoms.